The number of β-lactam (4-membered cyclic amide) rings is 1. The number of para-hydroxylation sites is 1. The highest BCUT2D eigenvalue weighted by Crippen LogP contribution is 2.51. The fourth-order valence-corrected chi connectivity index (χ4v) is 4.89. The summed E-state index contributed by atoms with van der Waals surface area (Å²) < 4.78 is 15.1. The summed E-state index contributed by atoms with van der Waals surface area (Å²) in [6.07, 6.45) is 0. The maximum atomic E-state index is 12.6. The zero-order valence-electron chi connectivity index (χ0n) is 16.0. The number of carbonyl (C=O) groups is 3. The van der Waals surface area contributed by atoms with Crippen molar-refractivity contribution in [1.29, 1.82) is 0 Å². The lowest BCUT2D eigenvalue weighted by Gasteiger charge is -2.43. The number of hydrogen-bond acceptors (Lipinski definition) is 7. The Bertz CT molecular complexity index is 741. The maximum absolute atomic E-state index is 12.6. The normalized spacial score (nSPS) is 24.9. The van der Waals surface area contributed by atoms with Gasteiger partial charge in [0.25, 0.3) is 5.91 Å². The molecule has 0 aliphatic carbocycles. The predicted octanol–water partition coefficient (Wildman–Crippen LogP) is 1.15. The highest BCUT2D eigenvalue weighted by molar-refractivity contribution is 8.01. The Morgan fingerprint density at radius 1 is 1.25 bits per heavy atom. The standard InChI is InChI=1S/C19H24N2O6S/c1-4-25-11-27-18(24)15-19(2,3)28-17-14(16(23)21(15)17)20-13(22)10-26-12-8-6-5-7-9-12/h5-9,14-15,17H,4,10-11H2,1-3H3,(H,20,22)/t14-,15+,17-/m1/s1. The summed E-state index contributed by atoms with van der Waals surface area (Å²) in [6.45, 7) is 5.67. The molecule has 0 radical (unpaired) electrons. The lowest BCUT2D eigenvalue weighted by molar-refractivity contribution is -0.171. The van der Waals surface area contributed by atoms with E-state index in [0.717, 1.165) is 0 Å². The summed E-state index contributed by atoms with van der Waals surface area (Å²) in [4.78, 5) is 38.7. The number of benzene rings is 1. The summed E-state index contributed by atoms with van der Waals surface area (Å²) >= 11 is 1.47. The molecule has 0 saturated carbocycles. The van der Waals surface area contributed by atoms with Crippen molar-refractivity contribution in [3.63, 3.8) is 0 Å². The van der Waals surface area contributed by atoms with Crippen molar-refractivity contribution >= 4 is 29.5 Å². The monoisotopic (exact) mass is 408 g/mol. The van der Waals surface area contributed by atoms with E-state index in [-0.39, 0.29) is 30.6 Å². The minimum Gasteiger partial charge on any atom is -0.484 e. The summed E-state index contributed by atoms with van der Waals surface area (Å²) in [7, 11) is 0. The van der Waals surface area contributed by atoms with Crippen molar-refractivity contribution in [1.82, 2.24) is 10.2 Å². The number of nitrogens with one attached hydrogen (secondary N) is 1. The van der Waals surface area contributed by atoms with E-state index in [1.165, 1.54) is 16.7 Å². The van der Waals surface area contributed by atoms with Crippen molar-refractivity contribution in [2.45, 2.75) is 43.0 Å². The van der Waals surface area contributed by atoms with Crippen LogP contribution in [0.1, 0.15) is 20.8 Å². The van der Waals surface area contributed by atoms with Crippen LogP contribution in [0.4, 0.5) is 0 Å². The fraction of sp³-hybridized carbons (Fsp3) is 0.526. The molecule has 8 nitrogen and oxygen atoms in total. The Labute approximate surface area is 167 Å². The van der Waals surface area contributed by atoms with E-state index < -0.39 is 22.8 Å². The van der Waals surface area contributed by atoms with Gasteiger partial charge >= 0.3 is 5.97 Å². The molecule has 1 aromatic carbocycles. The molecule has 2 fully saturated rings. The van der Waals surface area contributed by atoms with Gasteiger partial charge in [0, 0.05) is 11.4 Å². The molecule has 152 valence electrons. The van der Waals surface area contributed by atoms with E-state index in [0.29, 0.717) is 12.4 Å². The molecule has 3 rings (SSSR count). The van der Waals surface area contributed by atoms with E-state index >= 15 is 0 Å². The molecule has 3 atom stereocenters. The van der Waals surface area contributed by atoms with Crippen LogP contribution >= 0.6 is 11.8 Å². The number of esters is 1. The fourth-order valence-electron chi connectivity index (χ4n) is 3.27. The number of fused-ring (bicyclic) bond motifs is 1. The largest absolute Gasteiger partial charge is 0.484 e. The van der Waals surface area contributed by atoms with Crippen molar-refractivity contribution in [3.05, 3.63) is 30.3 Å². The van der Waals surface area contributed by atoms with E-state index in [2.05, 4.69) is 5.32 Å². The van der Waals surface area contributed by atoms with Gasteiger partial charge in [-0.25, -0.2) is 4.79 Å². The van der Waals surface area contributed by atoms with Crippen LogP contribution in [-0.2, 0) is 23.9 Å². The number of rotatable bonds is 8. The van der Waals surface area contributed by atoms with Crippen LogP contribution in [0, 0.1) is 0 Å². The van der Waals surface area contributed by atoms with Gasteiger partial charge in [-0.1, -0.05) is 18.2 Å². The van der Waals surface area contributed by atoms with Crippen LogP contribution < -0.4 is 10.1 Å². The van der Waals surface area contributed by atoms with E-state index in [4.69, 9.17) is 14.2 Å². The van der Waals surface area contributed by atoms with Crippen LogP contribution in [0.2, 0.25) is 0 Å². The van der Waals surface area contributed by atoms with Gasteiger partial charge in [0.05, 0.1) is 0 Å². The maximum Gasteiger partial charge on any atom is 0.332 e. The van der Waals surface area contributed by atoms with Crippen molar-refractivity contribution < 1.29 is 28.6 Å². The predicted molar refractivity (Wildman–Crippen MR) is 103 cm³/mol. The molecule has 2 heterocycles. The molecule has 0 spiro atoms. The molecule has 1 aromatic rings. The first-order valence-electron chi connectivity index (χ1n) is 9.06. The van der Waals surface area contributed by atoms with Gasteiger partial charge in [-0.3, -0.25) is 9.59 Å². The topological polar surface area (TPSA) is 94.2 Å². The van der Waals surface area contributed by atoms with Gasteiger partial charge in [0.1, 0.15) is 23.2 Å². The Balaban J connectivity index is 1.56. The van der Waals surface area contributed by atoms with Crippen molar-refractivity contribution in [3.8, 4) is 5.75 Å². The Kier molecular flexibility index (Phi) is 6.14. The second kappa shape index (κ2) is 8.40. The number of ether oxygens (including phenoxy) is 3. The van der Waals surface area contributed by atoms with E-state index in [9.17, 15) is 14.4 Å². The Morgan fingerprint density at radius 3 is 2.64 bits per heavy atom. The zero-order chi connectivity index (χ0) is 20.3. The third-order valence-corrected chi connectivity index (χ3v) is 6.15. The second-order valence-electron chi connectivity index (χ2n) is 6.98. The first-order chi connectivity index (χ1) is 13.3. The molecule has 2 amide bonds. The summed E-state index contributed by atoms with van der Waals surface area (Å²) in [5.74, 6) is -0.608. The van der Waals surface area contributed by atoms with E-state index in [1.54, 1.807) is 19.1 Å². The SMILES string of the molecule is CCOCOC(=O)[C@@H]1N2C(=O)[C@@H](NC(=O)COc3ccccc3)[C@H]2SC1(C)C. The lowest BCUT2D eigenvalue weighted by atomic mass is 9.96. The van der Waals surface area contributed by atoms with Gasteiger partial charge < -0.3 is 24.4 Å². The van der Waals surface area contributed by atoms with Gasteiger partial charge in [0.15, 0.2) is 13.4 Å². The molecule has 9 heteroatoms. The third kappa shape index (κ3) is 4.10. The molecule has 2 aliphatic rings. The van der Waals surface area contributed by atoms with Gasteiger partial charge in [-0.2, -0.15) is 0 Å². The zero-order valence-corrected chi connectivity index (χ0v) is 16.9. The molecule has 0 unspecified atom stereocenters. The number of nitrogens with zero attached hydrogens (tertiary/aromatic N) is 1. The van der Waals surface area contributed by atoms with Crippen LogP contribution in [0.3, 0.4) is 0 Å². The average molecular weight is 408 g/mol. The molecule has 2 aliphatic heterocycles. The summed E-state index contributed by atoms with van der Waals surface area (Å²) in [5, 5.41) is 2.39. The molecule has 2 saturated heterocycles. The molecular weight excluding hydrogens is 384 g/mol. The van der Waals surface area contributed by atoms with Crippen molar-refractivity contribution in [2.75, 3.05) is 20.0 Å². The highest BCUT2D eigenvalue weighted by atomic mass is 32.2. The Hall–Kier alpha value is -2.26. The van der Waals surface area contributed by atoms with E-state index in [1.807, 2.05) is 32.0 Å². The van der Waals surface area contributed by atoms with Crippen molar-refractivity contribution in [2.24, 2.45) is 0 Å². The minimum absolute atomic E-state index is 0.143. The molecule has 1 N–H and O–H groups in total. The van der Waals surface area contributed by atoms with Gasteiger partial charge in [-0.05, 0) is 32.9 Å². The summed E-state index contributed by atoms with van der Waals surface area (Å²) in [5.41, 5.74) is 0. The summed E-state index contributed by atoms with van der Waals surface area (Å²) in [6, 6.07) is 7.56. The van der Waals surface area contributed by atoms with Crippen LogP contribution in [0.5, 0.6) is 5.75 Å². The molecule has 0 aromatic heterocycles. The molecule has 0 bridgehead atoms. The Morgan fingerprint density at radius 2 is 1.96 bits per heavy atom. The number of amides is 2. The van der Waals surface area contributed by atoms with Gasteiger partial charge in [0.2, 0.25) is 5.91 Å². The molecular formula is C19H24N2O6S. The quantitative estimate of drug-likeness (QED) is 0.298. The first-order valence-corrected chi connectivity index (χ1v) is 9.94. The van der Waals surface area contributed by atoms with Crippen LogP contribution in [0.25, 0.3) is 0 Å². The third-order valence-electron chi connectivity index (χ3n) is 4.58. The number of thioether (sulfide) groups is 1. The van der Waals surface area contributed by atoms with Crippen LogP contribution in [-0.4, -0.2) is 64.9 Å². The highest BCUT2D eigenvalue weighted by Gasteiger charge is 2.64. The molecule has 28 heavy (non-hydrogen) atoms. The number of hydrogen-bond donors (Lipinski definition) is 1. The number of carbonyl (C=O) groups excluding carboxylic acids is 3. The smallest absolute Gasteiger partial charge is 0.332 e. The minimum atomic E-state index is -0.718. The first kappa shape index (κ1) is 20.5. The van der Waals surface area contributed by atoms with Crippen LogP contribution in [0.15, 0.2) is 30.3 Å². The van der Waals surface area contributed by atoms with Gasteiger partial charge in [-0.15, -0.1) is 11.8 Å². The second-order valence-corrected chi connectivity index (χ2v) is 8.75. The lowest BCUT2D eigenvalue weighted by Crippen LogP contribution is -2.71. The average Bonchev–Trinajstić information content (AvgIpc) is 2.93.